The first-order valence-corrected chi connectivity index (χ1v) is 12.6. The number of piperazine rings is 1. The van der Waals surface area contributed by atoms with Crippen molar-refractivity contribution in [3.8, 4) is 11.6 Å². The fourth-order valence-electron chi connectivity index (χ4n) is 3.98. The van der Waals surface area contributed by atoms with Crippen molar-refractivity contribution in [3.05, 3.63) is 70.4 Å². The Bertz CT molecular complexity index is 1340. The summed E-state index contributed by atoms with van der Waals surface area (Å²) in [6.45, 7) is 8.60. The molecule has 12 heteroatoms. The topological polar surface area (TPSA) is 97.1 Å². The molecule has 196 valence electrons. The number of hydrogen-bond acceptors (Lipinski definition) is 6. The highest BCUT2D eigenvalue weighted by Crippen LogP contribution is 2.30. The van der Waals surface area contributed by atoms with Crippen LogP contribution in [-0.2, 0) is 11.3 Å². The first-order chi connectivity index (χ1) is 17.8. The maximum absolute atomic E-state index is 12.9. The molecule has 0 atom stereocenters. The average molecular weight is 545 g/mol. The fourth-order valence-corrected chi connectivity index (χ4v) is 4.40. The van der Waals surface area contributed by atoms with Crippen molar-refractivity contribution in [3.63, 3.8) is 0 Å². The van der Waals surface area contributed by atoms with Gasteiger partial charge in [-0.3, -0.25) is 14.0 Å². The SMILES string of the molecule is COc1cc(N2CCN(C(=O)Cn3nc(-n4cnc(C)c4)c(Cl)c3C)CC2)ccc1Cl.Cc1cnc[nH]1. The third kappa shape index (κ3) is 6.26. The molecule has 0 saturated carbocycles. The van der Waals surface area contributed by atoms with Crippen molar-refractivity contribution in [2.75, 3.05) is 38.2 Å². The Hall–Kier alpha value is -3.50. The van der Waals surface area contributed by atoms with Crippen LogP contribution in [0.15, 0.2) is 43.2 Å². The zero-order chi connectivity index (χ0) is 26.5. The van der Waals surface area contributed by atoms with E-state index in [1.165, 1.54) is 0 Å². The molecule has 0 bridgehead atoms. The number of nitrogens with one attached hydrogen (secondary N) is 1. The van der Waals surface area contributed by atoms with Crippen LogP contribution >= 0.6 is 23.2 Å². The maximum atomic E-state index is 12.9. The molecule has 0 radical (unpaired) electrons. The molecular weight excluding hydrogens is 515 g/mol. The molecule has 1 aromatic carbocycles. The zero-order valence-corrected chi connectivity index (χ0v) is 22.8. The zero-order valence-electron chi connectivity index (χ0n) is 21.3. The van der Waals surface area contributed by atoms with Gasteiger partial charge in [-0.15, -0.1) is 0 Å². The van der Waals surface area contributed by atoms with E-state index >= 15 is 0 Å². The summed E-state index contributed by atoms with van der Waals surface area (Å²) in [7, 11) is 1.60. The number of carbonyl (C=O) groups excluding carboxylic acids is 1. The third-order valence-electron chi connectivity index (χ3n) is 6.13. The van der Waals surface area contributed by atoms with Gasteiger partial charge < -0.3 is 19.5 Å². The van der Waals surface area contributed by atoms with E-state index in [0.717, 1.165) is 35.9 Å². The Labute approximate surface area is 225 Å². The second kappa shape index (κ2) is 11.7. The minimum Gasteiger partial charge on any atom is -0.495 e. The fraction of sp³-hybridized carbons (Fsp3) is 0.360. The van der Waals surface area contributed by atoms with Crippen LogP contribution in [0.4, 0.5) is 5.69 Å². The number of anilines is 1. The second-order valence-corrected chi connectivity index (χ2v) is 9.51. The number of H-pyrrole nitrogens is 1. The predicted molar refractivity (Wildman–Crippen MR) is 144 cm³/mol. The van der Waals surface area contributed by atoms with Gasteiger partial charge in [-0.25, -0.2) is 9.97 Å². The van der Waals surface area contributed by atoms with Crippen LogP contribution in [0.5, 0.6) is 5.75 Å². The number of benzene rings is 1. The number of imidazole rings is 2. The van der Waals surface area contributed by atoms with E-state index in [1.54, 1.807) is 35.2 Å². The number of halogens is 2. The molecule has 1 aliphatic rings. The Morgan fingerprint density at radius 1 is 1.14 bits per heavy atom. The number of amides is 1. The third-order valence-corrected chi connectivity index (χ3v) is 6.88. The van der Waals surface area contributed by atoms with Crippen molar-refractivity contribution in [2.24, 2.45) is 0 Å². The number of nitrogens with zero attached hydrogens (tertiary/aromatic N) is 7. The van der Waals surface area contributed by atoms with Crippen LogP contribution in [0.2, 0.25) is 10.0 Å². The molecule has 4 heterocycles. The number of aromatic amines is 1. The quantitative estimate of drug-likeness (QED) is 0.406. The van der Waals surface area contributed by atoms with Gasteiger partial charge in [0.25, 0.3) is 0 Å². The predicted octanol–water partition coefficient (Wildman–Crippen LogP) is 4.07. The van der Waals surface area contributed by atoms with Gasteiger partial charge in [-0.2, -0.15) is 5.10 Å². The minimum atomic E-state index is 0.0176. The molecule has 0 unspecified atom stereocenters. The molecule has 1 amide bonds. The summed E-state index contributed by atoms with van der Waals surface area (Å²) >= 11 is 12.6. The Balaban J connectivity index is 0.000000469. The van der Waals surface area contributed by atoms with Gasteiger partial charge in [0, 0.05) is 56.0 Å². The number of ether oxygens (including phenoxy) is 1. The number of carbonyl (C=O) groups is 1. The highest BCUT2D eigenvalue weighted by molar-refractivity contribution is 6.33. The lowest BCUT2D eigenvalue weighted by molar-refractivity contribution is -0.132. The summed E-state index contributed by atoms with van der Waals surface area (Å²) in [5.74, 6) is 1.24. The minimum absolute atomic E-state index is 0.0176. The van der Waals surface area contributed by atoms with E-state index in [-0.39, 0.29) is 12.5 Å². The van der Waals surface area contributed by atoms with E-state index < -0.39 is 0 Å². The first kappa shape index (κ1) is 26.6. The van der Waals surface area contributed by atoms with Crippen LogP contribution in [0.25, 0.3) is 5.82 Å². The summed E-state index contributed by atoms with van der Waals surface area (Å²) in [5, 5.41) is 5.64. The number of methoxy groups -OCH3 is 1. The molecule has 3 aromatic heterocycles. The Morgan fingerprint density at radius 2 is 1.89 bits per heavy atom. The van der Waals surface area contributed by atoms with Gasteiger partial charge in [-0.05, 0) is 32.9 Å². The molecule has 1 fully saturated rings. The Kier molecular flexibility index (Phi) is 8.40. The van der Waals surface area contributed by atoms with Crippen LogP contribution in [0.1, 0.15) is 17.1 Å². The molecule has 0 spiro atoms. The lowest BCUT2D eigenvalue weighted by Gasteiger charge is -2.36. The summed E-state index contributed by atoms with van der Waals surface area (Å²) < 4.78 is 8.74. The lowest BCUT2D eigenvalue weighted by atomic mass is 10.2. The van der Waals surface area contributed by atoms with Gasteiger partial charge in [0.1, 0.15) is 23.6 Å². The normalized spacial score (nSPS) is 13.4. The first-order valence-electron chi connectivity index (χ1n) is 11.8. The molecule has 1 aliphatic heterocycles. The van der Waals surface area contributed by atoms with Crippen molar-refractivity contribution in [2.45, 2.75) is 27.3 Å². The second-order valence-electron chi connectivity index (χ2n) is 8.72. The molecular formula is C25H30Cl2N8O2. The summed E-state index contributed by atoms with van der Waals surface area (Å²) in [6.07, 6.45) is 6.96. The molecule has 10 nitrogen and oxygen atoms in total. The van der Waals surface area contributed by atoms with E-state index in [1.807, 2.05) is 50.1 Å². The Morgan fingerprint density at radius 3 is 2.46 bits per heavy atom. The summed E-state index contributed by atoms with van der Waals surface area (Å²) in [4.78, 5) is 27.9. The lowest BCUT2D eigenvalue weighted by Crippen LogP contribution is -2.49. The smallest absolute Gasteiger partial charge is 0.244 e. The number of hydrogen-bond donors (Lipinski definition) is 1. The van der Waals surface area contributed by atoms with Gasteiger partial charge in [0.2, 0.25) is 5.91 Å². The highest BCUT2D eigenvalue weighted by Gasteiger charge is 2.24. The van der Waals surface area contributed by atoms with Crippen molar-refractivity contribution in [1.29, 1.82) is 0 Å². The molecule has 5 rings (SSSR count). The van der Waals surface area contributed by atoms with Crippen LogP contribution in [0.3, 0.4) is 0 Å². The highest BCUT2D eigenvalue weighted by atomic mass is 35.5. The molecule has 1 N–H and O–H groups in total. The van der Waals surface area contributed by atoms with Gasteiger partial charge in [0.15, 0.2) is 5.82 Å². The molecule has 4 aromatic rings. The average Bonchev–Trinajstić information content (AvgIpc) is 3.62. The molecule has 0 aliphatic carbocycles. The summed E-state index contributed by atoms with van der Waals surface area (Å²) in [6, 6.07) is 5.72. The van der Waals surface area contributed by atoms with Gasteiger partial charge in [0.05, 0.1) is 29.8 Å². The van der Waals surface area contributed by atoms with E-state index in [0.29, 0.717) is 34.7 Å². The number of aryl methyl sites for hydroxylation is 2. The monoisotopic (exact) mass is 544 g/mol. The van der Waals surface area contributed by atoms with E-state index in [9.17, 15) is 4.79 Å². The molecule has 1 saturated heterocycles. The maximum Gasteiger partial charge on any atom is 0.244 e. The van der Waals surface area contributed by atoms with E-state index in [4.69, 9.17) is 27.9 Å². The van der Waals surface area contributed by atoms with Gasteiger partial charge >= 0.3 is 0 Å². The number of aromatic nitrogens is 6. The standard InChI is InChI=1S/C21H24Cl2N6O2.C4H6N2/c1-14-11-28(13-24-14)21-20(23)15(2)29(25-21)12-19(30)27-8-6-26(7-9-27)16-4-5-17(22)18(10-16)31-3;1-4-2-5-3-6-4/h4-5,10-11,13H,6-9,12H2,1-3H3;2-3H,1H3,(H,5,6). The van der Waals surface area contributed by atoms with Crippen LogP contribution < -0.4 is 9.64 Å². The van der Waals surface area contributed by atoms with Crippen molar-refractivity contribution in [1.82, 2.24) is 34.2 Å². The number of rotatable bonds is 5. The van der Waals surface area contributed by atoms with Gasteiger partial charge in [-0.1, -0.05) is 23.2 Å². The van der Waals surface area contributed by atoms with Crippen molar-refractivity contribution >= 4 is 34.8 Å². The van der Waals surface area contributed by atoms with Crippen molar-refractivity contribution < 1.29 is 9.53 Å². The van der Waals surface area contributed by atoms with Crippen LogP contribution in [-0.4, -0.2) is 73.4 Å². The van der Waals surface area contributed by atoms with Crippen LogP contribution in [0, 0.1) is 20.8 Å². The summed E-state index contributed by atoms with van der Waals surface area (Å²) in [5.41, 5.74) is 3.76. The molecule has 37 heavy (non-hydrogen) atoms. The van der Waals surface area contributed by atoms with E-state index in [2.05, 4.69) is 25.0 Å². The largest absolute Gasteiger partial charge is 0.495 e.